The van der Waals surface area contributed by atoms with E-state index in [9.17, 15) is 19.5 Å². The SMILES string of the molecule is CCCCCCC/C=C\C/C=C\CCCCCCCCCCCCCCCCCCCCCCCCCC(=O)OC(COC(=O)CCCCCCCCCCCCCCCC)COC(OCC[N+](C)(C)C)C(=O)[O-]. The maximum atomic E-state index is 12.9. The number of allylic oxidation sites excluding steroid dienone is 4. The van der Waals surface area contributed by atoms with E-state index in [1.54, 1.807) is 0 Å². The highest BCUT2D eigenvalue weighted by molar-refractivity contribution is 5.70. The quantitative estimate of drug-likeness (QED) is 0.0195. The van der Waals surface area contributed by atoms with Gasteiger partial charge >= 0.3 is 11.9 Å². The van der Waals surface area contributed by atoms with E-state index in [-0.39, 0.29) is 32.2 Å². The first-order chi connectivity index (χ1) is 36.1. The number of ether oxygens (including phenoxy) is 4. The minimum atomic E-state index is -1.62. The highest BCUT2D eigenvalue weighted by Crippen LogP contribution is 2.18. The van der Waals surface area contributed by atoms with Crippen LogP contribution in [0.1, 0.15) is 316 Å². The van der Waals surface area contributed by atoms with Gasteiger partial charge in [0.25, 0.3) is 0 Å². The van der Waals surface area contributed by atoms with Gasteiger partial charge in [-0.1, -0.05) is 282 Å². The van der Waals surface area contributed by atoms with E-state index in [0.717, 1.165) is 44.9 Å². The number of likely N-dealkylation sites (N-methyl/N-ethyl adjacent to an activating group) is 1. The number of hydrogen-bond acceptors (Lipinski definition) is 8. The van der Waals surface area contributed by atoms with Gasteiger partial charge in [0.05, 0.1) is 40.3 Å². The predicted molar refractivity (Wildman–Crippen MR) is 311 cm³/mol. The van der Waals surface area contributed by atoms with Gasteiger partial charge in [0.15, 0.2) is 12.4 Å². The third-order valence-corrected chi connectivity index (χ3v) is 14.5. The Labute approximate surface area is 458 Å². The lowest BCUT2D eigenvalue weighted by molar-refractivity contribution is -0.870. The molecule has 0 saturated heterocycles. The summed E-state index contributed by atoms with van der Waals surface area (Å²) in [7, 11) is 5.93. The Kier molecular flexibility index (Phi) is 55.2. The number of nitrogens with zero attached hydrogens (tertiary/aromatic N) is 1. The molecule has 9 heteroatoms. The first kappa shape index (κ1) is 71.8. The van der Waals surface area contributed by atoms with Gasteiger partial charge in [-0.15, -0.1) is 0 Å². The van der Waals surface area contributed by atoms with Crippen LogP contribution in [0.3, 0.4) is 0 Å². The Morgan fingerprint density at radius 3 is 1.07 bits per heavy atom. The topological polar surface area (TPSA) is 111 Å². The van der Waals surface area contributed by atoms with Gasteiger partial charge < -0.3 is 33.3 Å². The second-order valence-corrected chi connectivity index (χ2v) is 23.1. The van der Waals surface area contributed by atoms with Gasteiger partial charge in [-0.2, -0.15) is 0 Å². The number of quaternary nitrogens is 1. The summed E-state index contributed by atoms with van der Waals surface area (Å²) in [5.41, 5.74) is 0. The van der Waals surface area contributed by atoms with Crippen LogP contribution in [0, 0.1) is 0 Å². The summed E-state index contributed by atoms with van der Waals surface area (Å²) < 4.78 is 22.7. The minimum Gasteiger partial charge on any atom is -0.545 e. The first-order valence-electron chi connectivity index (χ1n) is 32.0. The monoisotopic (exact) mass is 1050 g/mol. The molecule has 0 aliphatic heterocycles. The lowest BCUT2D eigenvalue weighted by Crippen LogP contribution is -2.44. The lowest BCUT2D eigenvalue weighted by atomic mass is 10.0. The summed E-state index contributed by atoms with van der Waals surface area (Å²) in [5.74, 6) is -2.26. The van der Waals surface area contributed by atoms with Gasteiger partial charge in [0.2, 0.25) is 0 Å². The zero-order valence-electron chi connectivity index (χ0n) is 49.7. The van der Waals surface area contributed by atoms with Gasteiger partial charge in [-0.05, 0) is 44.9 Å². The van der Waals surface area contributed by atoms with Crippen molar-refractivity contribution in [3.05, 3.63) is 24.3 Å². The van der Waals surface area contributed by atoms with E-state index in [2.05, 4.69) is 38.2 Å². The molecule has 0 fully saturated rings. The summed E-state index contributed by atoms with van der Waals surface area (Å²) in [4.78, 5) is 37.3. The van der Waals surface area contributed by atoms with Crippen molar-refractivity contribution in [1.29, 1.82) is 0 Å². The fourth-order valence-corrected chi connectivity index (χ4v) is 9.51. The number of aliphatic carboxylic acids is 1. The molecule has 0 aromatic carbocycles. The molecule has 0 N–H and O–H groups in total. The highest BCUT2D eigenvalue weighted by atomic mass is 16.7. The fraction of sp³-hybridized carbons (Fsp3) is 0.892. The molecule has 436 valence electrons. The Balaban J connectivity index is 3.99. The van der Waals surface area contributed by atoms with Crippen LogP contribution in [0.2, 0.25) is 0 Å². The normalized spacial score (nSPS) is 12.8. The Morgan fingerprint density at radius 1 is 0.405 bits per heavy atom. The van der Waals surface area contributed by atoms with Crippen molar-refractivity contribution in [3.8, 4) is 0 Å². The van der Waals surface area contributed by atoms with E-state index < -0.39 is 24.3 Å². The molecule has 0 amide bonds. The largest absolute Gasteiger partial charge is 0.545 e. The molecule has 0 aromatic heterocycles. The molecule has 74 heavy (non-hydrogen) atoms. The van der Waals surface area contributed by atoms with Gasteiger partial charge in [0, 0.05) is 12.8 Å². The molecule has 0 aliphatic carbocycles. The van der Waals surface area contributed by atoms with Crippen molar-refractivity contribution in [1.82, 2.24) is 0 Å². The average molecular weight is 1050 g/mol. The van der Waals surface area contributed by atoms with E-state index in [4.69, 9.17) is 18.9 Å². The van der Waals surface area contributed by atoms with Crippen LogP contribution in [-0.4, -0.2) is 82.3 Å². The molecule has 0 aromatic rings. The Hall–Kier alpha value is -2.23. The van der Waals surface area contributed by atoms with E-state index in [0.29, 0.717) is 17.4 Å². The Morgan fingerprint density at radius 2 is 0.730 bits per heavy atom. The van der Waals surface area contributed by atoms with Crippen LogP contribution in [0.5, 0.6) is 0 Å². The zero-order valence-corrected chi connectivity index (χ0v) is 49.7. The molecule has 0 radical (unpaired) electrons. The lowest BCUT2D eigenvalue weighted by Gasteiger charge is -2.26. The maximum absolute atomic E-state index is 12.9. The highest BCUT2D eigenvalue weighted by Gasteiger charge is 2.22. The zero-order chi connectivity index (χ0) is 54.1. The smallest absolute Gasteiger partial charge is 0.306 e. The van der Waals surface area contributed by atoms with Crippen molar-refractivity contribution in [2.75, 3.05) is 47.5 Å². The summed E-state index contributed by atoms with van der Waals surface area (Å²) >= 11 is 0. The van der Waals surface area contributed by atoms with Crippen LogP contribution < -0.4 is 5.11 Å². The third-order valence-electron chi connectivity index (χ3n) is 14.5. The summed E-state index contributed by atoms with van der Waals surface area (Å²) in [5, 5.41) is 11.8. The number of carboxylic acids is 1. The molecule has 0 aliphatic rings. The molecule has 0 spiro atoms. The second kappa shape index (κ2) is 57.0. The molecular weight excluding hydrogens is 923 g/mol. The summed E-state index contributed by atoms with van der Waals surface area (Å²) in [6, 6.07) is 0. The van der Waals surface area contributed by atoms with Crippen molar-refractivity contribution in [2.45, 2.75) is 328 Å². The number of hydrogen-bond donors (Lipinski definition) is 0. The number of carbonyl (C=O) groups is 3. The molecular formula is C65H123NO8. The van der Waals surface area contributed by atoms with Crippen LogP contribution in [0.25, 0.3) is 0 Å². The molecule has 0 heterocycles. The standard InChI is InChI=1S/C65H123NO8/c1-6-8-10-12-14-16-18-20-22-23-24-25-26-27-28-29-30-31-32-33-34-35-36-37-38-39-40-41-42-44-46-48-50-52-54-56-63(68)74-61(60-73-65(64(69)70)71-58-57-66(3,4)5)59-72-62(67)55-53-51-49-47-45-43-21-19-17-15-13-11-9-7-2/h18,20,23-24,61,65H,6-17,19,21-22,25-60H2,1-5H3/b20-18-,24-23-. The van der Waals surface area contributed by atoms with Crippen LogP contribution in [-0.2, 0) is 33.3 Å². The maximum Gasteiger partial charge on any atom is 0.306 e. The van der Waals surface area contributed by atoms with E-state index in [1.165, 1.54) is 244 Å². The number of carbonyl (C=O) groups excluding carboxylic acids is 3. The third kappa shape index (κ3) is 57.5. The van der Waals surface area contributed by atoms with Crippen LogP contribution in [0.15, 0.2) is 24.3 Å². The fourth-order valence-electron chi connectivity index (χ4n) is 9.51. The second-order valence-electron chi connectivity index (χ2n) is 23.1. The molecule has 2 atom stereocenters. The minimum absolute atomic E-state index is 0.152. The Bertz CT molecular complexity index is 1260. The van der Waals surface area contributed by atoms with E-state index in [1.807, 2.05) is 21.1 Å². The predicted octanol–water partition coefficient (Wildman–Crippen LogP) is 17.7. The average Bonchev–Trinajstić information content (AvgIpc) is 3.37. The van der Waals surface area contributed by atoms with Crippen LogP contribution in [0.4, 0.5) is 0 Å². The van der Waals surface area contributed by atoms with Gasteiger partial charge in [0.1, 0.15) is 13.2 Å². The van der Waals surface area contributed by atoms with Crippen molar-refractivity contribution in [3.63, 3.8) is 0 Å². The molecule has 2 unspecified atom stereocenters. The molecule has 0 saturated carbocycles. The first-order valence-corrected chi connectivity index (χ1v) is 32.0. The van der Waals surface area contributed by atoms with Crippen molar-refractivity contribution < 1.29 is 42.9 Å². The molecule has 9 nitrogen and oxygen atoms in total. The summed E-state index contributed by atoms with van der Waals surface area (Å²) in [6.45, 7) is 4.79. The number of carboxylic acid groups (broad SMARTS) is 1. The molecule has 0 bridgehead atoms. The van der Waals surface area contributed by atoms with Gasteiger partial charge in [-0.3, -0.25) is 9.59 Å². The van der Waals surface area contributed by atoms with Gasteiger partial charge in [-0.25, -0.2) is 0 Å². The molecule has 0 rings (SSSR count). The van der Waals surface area contributed by atoms with E-state index >= 15 is 0 Å². The number of rotatable bonds is 60. The number of unbranched alkanes of at least 4 members (excludes halogenated alkanes) is 41. The summed E-state index contributed by atoms with van der Waals surface area (Å²) in [6.07, 6.45) is 65.4. The van der Waals surface area contributed by atoms with Crippen molar-refractivity contribution >= 4 is 17.9 Å². The van der Waals surface area contributed by atoms with Crippen LogP contribution >= 0.6 is 0 Å². The van der Waals surface area contributed by atoms with Crippen molar-refractivity contribution in [2.24, 2.45) is 0 Å². The number of esters is 2.